The molecule has 1 aromatic carbocycles. The number of fused-ring (bicyclic) bond motifs is 1. The van der Waals surface area contributed by atoms with Crippen molar-refractivity contribution in [2.24, 2.45) is 0 Å². The first-order valence-corrected chi connectivity index (χ1v) is 7.77. The first-order chi connectivity index (χ1) is 11.6. The van der Waals surface area contributed by atoms with Crippen LogP contribution in [-0.2, 0) is 17.8 Å². The highest BCUT2D eigenvalue weighted by Gasteiger charge is 2.28. The molecular formula is C17H19N3O4. The van der Waals surface area contributed by atoms with Crippen LogP contribution in [0.5, 0.6) is 5.75 Å². The molecule has 7 nitrogen and oxygen atoms in total. The average Bonchev–Trinajstić information content (AvgIpc) is 2.60. The van der Waals surface area contributed by atoms with E-state index in [1.165, 1.54) is 11.2 Å². The number of hydrogen-bond donors (Lipinski definition) is 2. The Morgan fingerprint density at radius 1 is 1.46 bits per heavy atom. The Labute approximate surface area is 138 Å². The van der Waals surface area contributed by atoms with Crippen LogP contribution in [-0.4, -0.2) is 45.1 Å². The maximum atomic E-state index is 12.4. The van der Waals surface area contributed by atoms with E-state index in [2.05, 4.69) is 9.97 Å². The highest BCUT2D eigenvalue weighted by atomic mass is 16.5. The zero-order valence-electron chi connectivity index (χ0n) is 13.4. The second kappa shape index (κ2) is 6.84. The molecule has 0 saturated heterocycles. The molecule has 1 aromatic heterocycles. The van der Waals surface area contributed by atoms with Crippen LogP contribution < -0.4 is 10.3 Å². The number of para-hydroxylation sites is 1. The van der Waals surface area contributed by atoms with Crippen molar-refractivity contribution in [1.82, 2.24) is 14.9 Å². The smallest absolute Gasteiger partial charge is 0.255 e. The van der Waals surface area contributed by atoms with Crippen molar-refractivity contribution >= 4 is 5.91 Å². The Morgan fingerprint density at radius 3 is 3.04 bits per heavy atom. The zero-order chi connectivity index (χ0) is 17.1. The molecule has 3 rings (SSSR count). The molecule has 0 unspecified atom stereocenters. The maximum absolute atomic E-state index is 12.4. The van der Waals surface area contributed by atoms with Gasteiger partial charge in [0.15, 0.2) is 6.10 Å². The predicted octanol–water partition coefficient (Wildman–Crippen LogP) is 0.403. The van der Waals surface area contributed by atoms with Gasteiger partial charge in [-0.1, -0.05) is 18.2 Å². The Morgan fingerprint density at radius 2 is 2.25 bits per heavy atom. The number of H-pyrrole nitrogens is 1. The number of aliphatic hydroxyl groups excluding tert-OH is 1. The number of aliphatic hydroxyl groups is 1. The van der Waals surface area contributed by atoms with Crippen molar-refractivity contribution in [3.8, 4) is 5.75 Å². The van der Waals surface area contributed by atoms with Crippen LogP contribution in [0.3, 0.4) is 0 Å². The first kappa shape index (κ1) is 16.2. The van der Waals surface area contributed by atoms with Gasteiger partial charge in [-0.3, -0.25) is 9.59 Å². The number of rotatable bonds is 4. The Hall–Kier alpha value is -2.67. The van der Waals surface area contributed by atoms with Gasteiger partial charge in [-0.05, 0) is 25.0 Å². The van der Waals surface area contributed by atoms with Gasteiger partial charge in [0.2, 0.25) is 0 Å². The SMILES string of the molecule is Cc1ccccc1OC[C@@H](O)C(=O)N1CCc2c(nc[nH]c2=O)C1. The summed E-state index contributed by atoms with van der Waals surface area (Å²) in [7, 11) is 0. The Balaban J connectivity index is 1.62. The summed E-state index contributed by atoms with van der Waals surface area (Å²) >= 11 is 0. The van der Waals surface area contributed by atoms with E-state index in [1.807, 2.05) is 25.1 Å². The lowest BCUT2D eigenvalue weighted by molar-refractivity contribution is -0.142. The van der Waals surface area contributed by atoms with E-state index in [0.717, 1.165) is 5.56 Å². The molecule has 1 aliphatic heterocycles. The molecule has 2 aromatic rings. The second-order valence-corrected chi connectivity index (χ2v) is 5.76. The number of hydrogen-bond acceptors (Lipinski definition) is 5. The number of nitrogens with one attached hydrogen (secondary N) is 1. The summed E-state index contributed by atoms with van der Waals surface area (Å²) in [6.07, 6.45) is 0.496. The van der Waals surface area contributed by atoms with E-state index < -0.39 is 12.0 Å². The molecule has 2 heterocycles. The van der Waals surface area contributed by atoms with Crippen molar-refractivity contribution in [3.63, 3.8) is 0 Å². The van der Waals surface area contributed by atoms with E-state index in [9.17, 15) is 14.7 Å². The largest absolute Gasteiger partial charge is 0.490 e. The van der Waals surface area contributed by atoms with Crippen molar-refractivity contribution in [1.29, 1.82) is 0 Å². The van der Waals surface area contributed by atoms with Gasteiger partial charge in [-0.25, -0.2) is 4.98 Å². The number of carbonyl (C=O) groups is 1. The topological polar surface area (TPSA) is 95.5 Å². The highest BCUT2D eigenvalue weighted by Crippen LogP contribution is 2.17. The number of aromatic amines is 1. The van der Waals surface area contributed by atoms with Gasteiger partial charge in [0.1, 0.15) is 12.4 Å². The molecule has 0 spiro atoms. The number of aryl methyl sites for hydroxylation is 1. The van der Waals surface area contributed by atoms with Crippen molar-refractivity contribution < 1.29 is 14.6 Å². The van der Waals surface area contributed by atoms with Crippen LogP contribution in [0.2, 0.25) is 0 Å². The van der Waals surface area contributed by atoms with Crippen LogP contribution in [0.1, 0.15) is 16.8 Å². The zero-order valence-corrected chi connectivity index (χ0v) is 13.4. The molecule has 1 atom stereocenters. The van der Waals surface area contributed by atoms with E-state index in [4.69, 9.17) is 4.74 Å². The van der Waals surface area contributed by atoms with E-state index in [-0.39, 0.29) is 18.7 Å². The fourth-order valence-corrected chi connectivity index (χ4v) is 2.72. The molecular weight excluding hydrogens is 310 g/mol. The van der Waals surface area contributed by atoms with Crippen LogP contribution in [0.4, 0.5) is 0 Å². The minimum Gasteiger partial charge on any atom is -0.490 e. The third kappa shape index (κ3) is 3.30. The average molecular weight is 329 g/mol. The van der Waals surface area contributed by atoms with E-state index in [0.29, 0.717) is 30.0 Å². The number of benzene rings is 1. The van der Waals surface area contributed by atoms with Crippen LogP contribution in [0.15, 0.2) is 35.4 Å². The lowest BCUT2D eigenvalue weighted by atomic mass is 10.1. The van der Waals surface area contributed by atoms with E-state index in [1.54, 1.807) is 6.07 Å². The van der Waals surface area contributed by atoms with Crippen molar-refractivity contribution in [2.45, 2.75) is 26.0 Å². The summed E-state index contributed by atoms with van der Waals surface area (Å²) in [5, 5.41) is 10.1. The van der Waals surface area contributed by atoms with Gasteiger partial charge in [0, 0.05) is 12.1 Å². The van der Waals surface area contributed by atoms with Crippen LogP contribution >= 0.6 is 0 Å². The molecule has 0 bridgehead atoms. The fraction of sp³-hybridized carbons (Fsp3) is 0.353. The molecule has 24 heavy (non-hydrogen) atoms. The summed E-state index contributed by atoms with van der Waals surface area (Å²) in [6, 6.07) is 7.42. The highest BCUT2D eigenvalue weighted by molar-refractivity contribution is 5.81. The number of amides is 1. The van der Waals surface area contributed by atoms with Crippen molar-refractivity contribution in [2.75, 3.05) is 13.2 Å². The van der Waals surface area contributed by atoms with Gasteiger partial charge in [-0.15, -0.1) is 0 Å². The summed E-state index contributed by atoms with van der Waals surface area (Å²) in [5.41, 5.74) is 1.94. The molecule has 0 saturated carbocycles. The molecule has 0 radical (unpaired) electrons. The van der Waals surface area contributed by atoms with Gasteiger partial charge in [0.25, 0.3) is 11.5 Å². The predicted molar refractivity (Wildman–Crippen MR) is 86.7 cm³/mol. The molecule has 2 N–H and O–H groups in total. The lowest BCUT2D eigenvalue weighted by Gasteiger charge is -2.29. The molecule has 0 fully saturated rings. The number of carbonyl (C=O) groups excluding carboxylic acids is 1. The summed E-state index contributed by atoms with van der Waals surface area (Å²) in [6.45, 7) is 2.38. The molecule has 126 valence electrons. The third-order valence-electron chi connectivity index (χ3n) is 4.10. The summed E-state index contributed by atoms with van der Waals surface area (Å²) < 4.78 is 5.53. The Bertz CT molecular complexity index is 802. The minimum atomic E-state index is -1.26. The number of aromatic nitrogens is 2. The first-order valence-electron chi connectivity index (χ1n) is 7.77. The van der Waals surface area contributed by atoms with Gasteiger partial charge in [-0.2, -0.15) is 0 Å². The Kier molecular flexibility index (Phi) is 4.61. The van der Waals surface area contributed by atoms with Crippen LogP contribution in [0.25, 0.3) is 0 Å². The molecule has 1 aliphatic rings. The molecule has 1 amide bonds. The standard InChI is InChI=1S/C17H19N3O4/c1-11-4-2-3-5-15(11)24-9-14(21)17(23)20-7-6-12-13(8-20)18-10-19-16(12)22/h2-5,10,14,21H,6-9H2,1H3,(H,18,19,22)/t14-/m1/s1. The maximum Gasteiger partial charge on any atom is 0.255 e. The summed E-state index contributed by atoms with van der Waals surface area (Å²) in [4.78, 5) is 32.2. The van der Waals surface area contributed by atoms with E-state index >= 15 is 0 Å². The van der Waals surface area contributed by atoms with Gasteiger partial charge >= 0.3 is 0 Å². The normalized spacial score (nSPS) is 14.8. The lowest BCUT2D eigenvalue weighted by Crippen LogP contribution is -2.45. The monoisotopic (exact) mass is 329 g/mol. The molecule has 7 heteroatoms. The molecule has 0 aliphatic carbocycles. The third-order valence-corrected chi connectivity index (χ3v) is 4.10. The fourth-order valence-electron chi connectivity index (χ4n) is 2.72. The second-order valence-electron chi connectivity index (χ2n) is 5.76. The number of ether oxygens (including phenoxy) is 1. The number of nitrogens with zero attached hydrogens (tertiary/aromatic N) is 2. The summed E-state index contributed by atoms with van der Waals surface area (Å²) in [5.74, 6) is 0.220. The van der Waals surface area contributed by atoms with Crippen molar-refractivity contribution in [3.05, 3.63) is 57.8 Å². The minimum absolute atomic E-state index is 0.115. The van der Waals surface area contributed by atoms with Gasteiger partial charge in [0.05, 0.1) is 18.6 Å². The van der Waals surface area contributed by atoms with Gasteiger partial charge < -0.3 is 19.7 Å². The van der Waals surface area contributed by atoms with Crippen LogP contribution in [0, 0.1) is 6.92 Å². The quantitative estimate of drug-likeness (QED) is 0.847.